The van der Waals surface area contributed by atoms with E-state index in [4.69, 9.17) is 10.00 Å². The van der Waals surface area contributed by atoms with Crippen LogP contribution in [-0.4, -0.2) is 23.7 Å². The summed E-state index contributed by atoms with van der Waals surface area (Å²) in [5.74, 6) is 2.11. The molecule has 32 heavy (non-hydrogen) atoms. The number of para-hydroxylation sites is 1. The van der Waals surface area contributed by atoms with Crippen molar-refractivity contribution in [2.75, 3.05) is 6.61 Å². The van der Waals surface area contributed by atoms with Gasteiger partial charge in [-0.3, -0.25) is 4.79 Å². The Morgan fingerprint density at radius 2 is 1.78 bits per heavy atom. The average molecular weight is 428 g/mol. The van der Waals surface area contributed by atoms with Gasteiger partial charge in [-0.05, 0) is 35.2 Å². The van der Waals surface area contributed by atoms with E-state index in [1.165, 1.54) is 0 Å². The summed E-state index contributed by atoms with van der Waals surface area (Å²) in [6.07, 6.45) is 0. The maximum absolute atomic E-state index is 12.5. The van der Waals surface area contributed by atoms with Gasteiger partial charge in [0.15, 0.2) is 6.61 Å². The first-order valence-electron chi connectivity index (χ1n) is 9.80. The van der Waals surface area contributed by atoms with Gasteiger partial charge in [0, 0.05) is 11.8 Å². The van der Waals surface area contributed by atoms with Crippen LogP contribution < -0.4 is 4.74 Å². The topological polar surface area (TPSA) is 120 Å². The first kappa shape index (κ1) is 22.4. The molecule has 0 bridgehead atoms. The number of carbonyl (C=O) groups excluding carboxylic acids is 1. The Hall–Kier alpha value is -4.28. The molecule has 0 aromatic heterocycles. The predicted molar refractivity (Wildman–Crippen MR) is 113 cm³/mol. The van der Waals surface area contributed by atoms with Gasteiger partial charge < -0.3 is 14.6 Å². The number of carboxylic acid groups (broad SMARTS) is 1. The van der Waals surface area contributed by atoms with Gasteiger partial charge in [-0.15, -0.1) is 0 Å². The van der Waals surface area contributed by atoms with Gasteiger partial charge in [0.05, 0.1) is 12.0 Å². The number of carbonyl (C=O) groups is 2. The quantitative estimate of drug-likeness (QED) is 0.421. The second-order valence-corrected chi connectivity index (χ2v) is 7.88. The van der Waals surface area contributed by atoms with Crippen molar-refractivity contribution in [3.05, 3.63) is 60.2 Å². The summed E-state index contributed by atoms with van der Waals surface area (Å²) in [5.41, 5.74) is -1.94. The van der Waals surface area contributed by atoms with E-state index in [2.05, 4.69) is 22.6 Å². The van der Waals surface area contributed by atoms with Crippen molar-refractivity contribution in [2.45, 2.75) is 19.8 Å². The number of nitrogens with zero attached hydrogens (tertiary/aromatic N) is 2. The van der Waals surface area contributed by atoms with Gasteiger partial charge >= 0.3 is 11.9 Å². The third-order valence-corrected chi connectivity index (χ3v) is 5.85. The van der Waals surface area contributed by atoms with Crippen molar-refractivity contribution in [1.29, 1.82) is 10.5 Å². The minimum atomic E-state index is -1.53. The lowest BCUT2D eigenvalue weighted by atomic mass is 9.78. The smallest absolute Gasteiger partial charge is 0.385 e. The third kappa shape index (κ3) is 3.87. The molecule has 2 aromatic carbocycles. The van der Waals surface area contributed by atoms with Crippen molar-refractivity contribution < 1.29 is 24.2 Å². The van der Waals surface area contributed by atoms with Gasteiger partial charge in [0.1, 0.15) is 23.0 Å². The molecule has 1 N–H and O–H groups in total. The molecule has 160 valence electrons. The molecule has 0 amide bonds. The molecule has 7 nitrogen and oxygen atoms in total. The van der Waals surface area contributed by atoms with Crippen LogP contribution in [0.15, 0.2) is 54.6 Å². The Kier molecular flexibility index (Phi) is 6.19. The summed E-state index contributed by atoms with van der Waals surface area (Å²) in [5, 5.41) is 28.7. The second-order valence-electron chi connectivity index (χ2n) is 7.88. The van der Waals surface area contributed by atoms with Crippen LogP contribution in [0.3, 0.4) is 0 Å². The minimum Gasteiger partial charge on any atom is -0.481 e. The Bertz CT molecular complexity index is 1180. The van der Waals surface area contributed by atoms with E-state index in [-0.39, 0.29) is 0 Å². The van der Waals surface area contributed by atoms with Crippen molar-refractivity contribution in [3.8, 4) is 35.5 Å². The highest BCUT2D eigenvalue weighted by Gasteiger charge is 2.79. The molecule has 2 aromatic rings. The Morgan fingerprint density at radius 3 is 2.41 bits per heavy atom. The van der Waals surface area contributed by atoms with E-state index in [1.807, 2.05) is 18.2 Å². The van der Waals surface area contributed by atoms with Gasteiger partial charge in [-0.25, -0.2) is 4.79 Å². The van der Waals surface area contributed by atoms with E-state index in [0.29, 0.717) is 17.1 Å². The normalized spacial score (nSPS) is 20.9. The summed E-state index contributed by atoms with van der Waals surface area (Å²) in [7, 11) is 0. The number of aliphatic carboxylic acids is 1. The van der Waals surface area contributed by atoms with Gasteiger partial charge in [-0.1, -0.05) is 50.1 Å². The molecule has 0 radical (unpaired) electrons. The van der Waals surface area contributed by atoms with Gasteiger partial charge in [0.2, 0.25) is 0 Å². The molecular formula is C25H20N2O5. The molecule has 0 heterocycles. The fourth-order valence-electron chi connectivity index (χ4n) is 4.24. The molecule has 0 spiro atoms. The van der Waals surface area contributed by atoms with Crippen molar-refractivity contribution in [1.82, 2.24) is 0 Å². The molecule has 0 unspecified atom stereocenters. The van der Waals surface area contributed by atoms with E-state index >= 15 is 0 Å². The summed E-state index contributed by atoms with van der Waals surface area (Å²) < 4.78 is 10.4. The van der Waals surface area contributed by atoms with Crippen molar-refractivity contribution >= 4 is 11.9 Å². The van der Waals surface area contributed by atoms with Crippen LogP contribution in [0.5, 0.6) is 11.5 Å². The maximum atomic E-state index is 12.5. The molecule has 1 fully saturated rings. The Labute approximate surface area is 185 Å². The van der Waals surface area contributed by atoms with Crippen LogP contribution in [0.4, 0.5) is 0 Å². The van der Waals surface area contributed by atoms with Crippen LogP contribution in [0, 0.1) is 51.3 Å². The van der Waals surface area contributed by atoms with Crippen LogP contribution in [0.1, 0.15) is 25.3 Å². The number of ether oxygens (including phenoxy) is 2. The fourth-order valence-corrected chi connectivity index (χ4v) is 4.24. The summed E-state index contributed by atoms with van der Waals surface area (Å²) in [4.78, 5) is 24.1. The lowest BCUT2D eigenvalue weighted by molar-refractivity contribution is -0.145. The standard InChI is InChI=1S/C25H20N2O5/c1-24(2)21(11-12-22(28)31-14-13-26)25(24,23(29)30)20(16-27)17-7-6-10-19(15-17)32-18-8-4-3-5-9-18/h3-10,15,20-21H,14H2,1-2H3,(H,29,30)/t20-,21-,25+/m0/s1. The number of benzene rings is 2. The number of carboxylic acids is 1. The van der Waals surface area contributed by atoms with E-state index < -0.39 is 41.2 Å². The van der Waals surface area contributed by atoms with Crippen LogP contribution in [-0.2, 0) is 14.3 Å². The lowest BCUT2D eigenvalue weighted by Crippen LogP contribution is -2.28. The first-order valence-corrected chi connectivity index (χ1v) is 9.80. The van der Waals surface area contributed by atoms with E-state index in [1.54, 1.807) is 56.3 Å². The van der Waals surface area contributed by atoms with E-state index in [0.717, 1.165) is 0 Å². The van der Waals surface area contributed by atoms with Crippen LogP contribution in [0.25, 0.3) is 0 Å². The van der Waals surface area contributed by atoms with Crippen molar-refractivity contribution in [2.24, 2.45) is 16.7 Å². The van der Waals surface area contributed by atoms with Crippen molar-refractivity contribution in [3.63, 3.8) is 0 Å². The summed E-state index contributed by atoms with van der Waals surface area (Å²) in [6, 6.07) is 19.6. The predicted octanol–water partition coefficient (Wildman–Crippen LogP) is 3.88. The highest BCUT2D eigenvalue weighted by atomic mass is 16.5. The SMILES string of the molecule is CC1(C)[C@H](C#CC(=O)OCC#N)[C@@]1(C(=O)O)[C@@H](C#N)c1cccc(Oc2ccccc2)c1. The van der Waals surface area contributed by atoms with Gasteiger partial charge in [-0.2, -0.15) is 10.5 Å². The summed E-state index contributed by atoms with van der Waals surface area (Å²) in [6.45, 7) is 2.96. The second kappa shape index (κ2) is 8.84. The highest BCUT2D eigenvalue weighted by Crippen LogP contribution is 2.74. The molecule has 1 saturated carbocycles. The molecular weight excluding hydrogens is 408 g/mol. The zero-order valence-electron chi connectivity index (χ0n) is 17.5. The third-order valence-electron chi connectivity index (χ3n) is 5.85. The fraction of sp³-hybridized carbons (Fsp3) is 0.280. The molecule has 1 aliphatic rings. The van der Waals surface area contributed by atoms with Crippen LogP contribution >= 0.6 is 0 Å². The number of esters is 1. The molecule has 7 heteroatoms. The van der Waals surface area contributed by atoms with Crippen LogP contribution in [0.2, 0.25) is 0 Å². The lowest BCUT2D eigenvalue weighted by Gasteiger charge is -2.22. The maximum Gasteiger partial charge on any atom is 0.385 e. The molecule has 1 aliphatic carbocycles. The Balaban J connectivity index is 1.95. The first-order chi connectivity index (χ1) is 15.3. The largest absolute Gasteiger partial charge is 0.481 e. The zero-order chi connectivity index (χ0) is 23.4. The van der Waals surface area contributed by atoms with E-state index in [9.17, 15) is 20.0 Å². The number of hydrogen-bond donors (Lipinski definition) is 1. The highest BCUT2D eigenvalue weighted by molar-refractivity contribution is 5.90. The summed E-state index contributed by atoms with van der Waals surface area (Å²) >= 11 is 0. The number of hydrogen-bond acceptors (Lipinski definition) is 6. The molecule has 0 aliphatic heterocycles. The monoisotopic (exact) mass is 428 g/mol. The van der Waals surface area contributed by atoms with Gasteiger partial charge in [0.25, 0.3) is 0 Å². The zero-order valence-corrected chi connectivity index (χ0v) is 17.5. The molecule has 0 saturated heterocycles. The Morgan fingerprint density at radius 1 is 1.09 bits per heavy atom. The average Bonchev–Trinajstić information content (AvgIpc) is 3.27. The minimum absolute atomic E-state index is 0.444. The molecule has 3 rings (SSSR count). The molecule has 3 atom stereocenters. The number of rotatable bonds is 6. The number of nitriles is 2.